The fourth-order valence-corrected chi connectivity index (χ4v) is 12.1. The van der Waals surface area contributed by atoms with Crippen LogP contribution in [0.1, 0.15) is 90.9 Å². The zero-order valence-corrected chi connectivity index (χ0v) is 22.5. The predicted octanol–water partition coefficient (Wildman–Crippen LogP) is 5.71. The van der Waals surface area contributed by atoms with Gasteiger partial charge in [0.2, 0.25) is 5.91 Å². The van der Waals surface area contributed by atoms with Gasteiger partial charge < -0.3 is 10.6 Å². The third-order valence-electron chi connectivity index (χ3n) is 12.4. The highest BCUT2D eigenvalue weighted by Crippen LogP contribution is 2.65. The monoisotopic (exact) mass is 528 g/mol. The summed E-state index contributed by atoms with van der Waals surface area (Å²) in [4.78, 5) is 26.3. The van der Waals surface area contributed by atoms with E-state index in [1.807, 2.05) is 0 Å². The van der Waals surface area contributed by atoms with E-state index in [0.29, 0.717) is 30.1 Å². The number of allylic oxidation sites excluding steroid dienone is 2. The number of halogens is 1. The summed E-state index contributed by atoms with van der Waals surface area (Å²) < 4.78 is 0.798. The molecule has 0 spiro atoms. The summed E-state index contributed by atoms with van der Waals surface area (Å²) in [7, 11) is 0. The molecule has 8 aliphatic rings. The van der Waals surface area contributed by atoms with Crippen LogP contribution in [-0.2, 0) is 9.59 Å². The van der Waals surface area contributed by atoms with Crippen LogP contribution < -0.4 is 10.6 Å². The molecule has 5 heteroatoms. The maximum absolute atomic E-state index is 13.9. The molecule has 4 nitrogen and oxygen atoms in total. The summed E-state index contributed by atoms with van der Waals surface area (Å²) in [5.41, 5.74) is 1.48. The van der Waals surface area contributed by atoms with Gasteiger partial charge in [-0.1, -0.05) is 13.8 Å². The van der Waals surface area contributed by atoms with Crippen molar-refractivity contribution in [3.05, 3.63) is 10.2 Å². The van der Waals surface area contributed by atoms with E-state index < -0.39 is 0 Å². The van der Waals surface area contributed by atoms with Crippen molar-refractivity contribution < 1.29 is 9.59 Å². The Balaban J connectivity index is 1.12. The quantitative estimate of drug-likeness (QED) is 0.482. The van der Waals surface area contributed by atoms with E-state index in [9.17, 15) is 9.59 Å². The number of nitrogens with one attached hydrogen (secondary N) is 2. The molecule has 0 aromatic heterocycles. The van der Waals surface area contributed by atoms with Crippen molar-refractivity contribution in [3.8, 4) is 0 Å². The zero-order chi connectivity index (χ0) is 23.5. The summed E-state index contributed by atoms with van der Waals surface area (Å²) >= 11 is 3.63. The minimum Gasteiger partial charge on any atom is -0.387 e. The summed E-state index contributed by atoms with van der Waals surface area (Å²) in [5, 5.41) is 7.48. The number of hydrogen-bond acceptors (Lipinski definition) is 3. The first-order valence-corrected chi connectivity index (χ1v) is 15.0. The lowest BCUT2D eigenvalue weighted by molar-refractivity contribution is -0.138. The SMILES string of the molecule is C[C@]12CCC(=O)C(Br)=C1NCC1C2CC[C@@]2(C)C1CC[C@@H]2C(=O)NC12CC3CC(CC(C3)C1)C2. The Bertz CT molecular complexity index is 938. The van der Waals surface area contributed by atoms with Gasteiger partial charge in [0.05, 0.1) is 4.48 Å². The minimum absolute atomic E-state index is 0.0660. The molecule has 0 radical (unpaired) electrons. The van der Waals surface area contributed by atoms with E-state index in [2.05, 4.69) is 40.4 Å². The highest BCUT2D eigenvalue weighted by atomic mass is 79.9. The molecule has 1 aliphatic heterocycles. The van der Waals surface area contributed by atoms with Crippen LogP contribution >= 0.6 is 15.9 Å². The normalized spacial score (nSPS) is 53.1. The van der Waals surface area contributed by atoms with Crippen LogP contribution in [0.25, 0.3) is 0 Å². The van der Waals surface area contributed by atoms with Crippen molar-refractivity contribution in [3.63, 3.8) is 0 Å². The number of carbonyl (C=O) groups is 2. The molecule has 4 bridgehead atoms. The third-order valence-corrected chi connectivity index (χ3v) is 13.3. The van der Waals surface area contributed by atoms with Crippen molar-refractivity contribution in [1.82, 2.24) is 10.6 Å². The van der Waals surface area contributed by atoms with Crippen LogP contribution in [0.3, 0.4) is 0 Å². The minimum atomic E-state index is 0.0660. The Morgan fingerprint density at radius 1 is 0.971 bits per heavy atom. The Morgan fingerprint density at radius 2 is 1.65 bits per heavy atom. The van der Waals surface area contributed by atoms with Crippen LogP contribution in [0.2, 0.25) is 0 Å². The molecule has 186 valence electrons. The van der Waals surface area contributed by atoms with Crippen molar-refractivity contribution in [2.75, 3.05) is 6.54 Å². The number of hydrogen-bond donors (Lipinski definition) is 2. The Labute approximate surface area is 213 Å². The second-order valence-corrected chi connectivity index (χ2v) is 14.9. The molecule has 6 atom stereocenters. The van der Waals surface area contributed by atoms with Gasteiger partial charge in [0.1, 0.15) is 0 Å². The predicted molar refractivity (Wildman–Crippen MR) is 136 cm³/mol. The molecule has 8 rings (SSSR count). The number of ketones is 1. The third kappa shape index (κ3) is 3.00. The number of piperidine rings is 1. The fraction of sp³-hybridized carbons (Fsp3) is 0.862. The van der Waals surface area contributed by atoms with Gasteiger partial charge in [0.25, 0.3) is 0 Å². The molecular formula is C29H41BrN2O2. The van der Waals surface area contributed by atoms with Crippen molar-refractivity contribution in [1.29, 1.82) is 0 Å². The van der Waals surface area contributed by atoms with Gasteiger partial charge in [-0.3, -0.25) is 9.59 Å². The fourth-order valence-electron chi connectivity index (χ4n) is 11.3. The lowest BCUT2D eigenvalue weighted by atomic mass is 9.49. The van der Waals surface area contributed by atoms with Crippen LogP contribution in [-0.4, -0.2) is 23.8 Å². The van der Waals surface area contributed by atoms with Gasteiger partial charge in [-0.15, -0.1) is 0 Å². The van der Waals surface area contributed by atoms with Gasteiger partial charge in [-0.25, -0.2) is 0 Å². The van der Waals surface area contributed by atoms with Gasteiger partial charge in [0, 0.05) is 35.5 Å². The summed E-state index contributed by atoms with van der Waals surface area (Å²) in [5.74, 6) is 5.27. The first-order valence-electron chi connectivity index (χ1n) is 14.2. The molecule has 34 heavy (non-hydrogen) atoms. The number of fused-ring (bicyclic) bond motifs is 5. The standard InChI is InChI=1S/C29H41BrN2O2/c1-27-7-5-21-19(15-31-25-24(30)23(33)6-8-28(21,25)2)20(27)3-4-22(27)26(34)32-29-12-16-9-17(13-29)11-18(10-16)14-29/h16-22,31H,3-15H2,1-2H3,(H,32,34)/t16?,17?,18?,19?,20?,21?,22-,27+,28-,29?/m1/s1. The Kier molecular flexibility index (Phi) is 4.84. The van der Waals surface area contributed by atoms with Crippen molar-refractivity contribution >= 4 is 27.6 Å². The molecule has 0 aromatic carbocycles. The molecule has 1 saturated heterocycles. The average molecular weight is 530 g/mol. The van der Waals surface area contributed by atoms with Crippen LogP contribution in [0.5, 0.6) is 0 Å². The highest BCUT2D eigenvalue weighted by molar-refractivity contribution is 9.12. The second-order valence-electron chi connectivity index (χ2n) is 14.1. The zero-order valence-electron chi connectivity index (χ0n) is 20.9. The van der Waals surface area contributed by atoms with Crippen LogP contribution in [0.15, 0.2) is 10.2 Å². The van der Waals surface area contributed by atoms with Crippen molar-refractivity contribution in [2.45, 2.75) is 96.4 Å². The number of amides is 1. The lowest BCUT2D eigenvalue weighted by Crippen LogP contribution is -2.62. The average Bonchev–Trinajstić information content (AvgIpc) is 3.13. The van der Waals surface area contributed by atoms with E-state index in [4.69, 9.17) is 0 Å². The topological polar surface area (TPSA) is 58.2 Å². The largest absolute Gasteiger partial charge is 0.387 e. The van der Waals surface area contributed by atoms with E-state index in [-0.39, 0.29) is 28.1 Å². The van der Waals surface area contributed by atoms with Gasteiger partial charge in [-0.05, 0) is 127 Å². The van der Waals surface area contributed by atoms with Gasteiger partial charge >= 0.3 is 0 Å². The lowest BCUT2D eigenvalue weighted by Gasteiger charge is -2.59. The first-order chi connectivity index (χ1) is 16.2. The maximum Gasteiger partial charge on any atom is 0.224 e. The van der Waals surface area contributed by atoms with E-state index in [0.717, 1.165) is 48.0 Å². The van der Waals surface area contributed by atoms with Crippen LogP contribution in [0, 0.1) is 52.3 Å². The highest BCUT2D eigenvalue weighted by Gasteiger charge is 2.62. The number of carbonyl (C=O) groups excluding carboxylic acids is 2. The molecule has 3 unspecified atom stereocenters. The number of Topliss-reactive ketones (excluding diaryl/α,β-unsaturated/α-hetero) is 1. The van der Waals surface area contributed by atoms with E-state index >= 15 is 0 Å². The number of rotatable bonds is 2. The molecule has 1 heterocycles. The summed E-state index contributed by atoms with van der Waals surface area (Å²) in [6.45, 7) is 5.81. The van der Waals surface area contributed by atoms with Gasteiger partial charge in [0.15, 0.2) is 5.78 Å². The molecule has 1 amide bonds. The molecule has 2 N–H and O–H groups in total. The van der Waals surface area contributed by atoms with E-state index in [1.54, 1.807) is 0 Å². The molecule has 7 fully saturated rings. The first kappa shape index (κ1) is 22.4. The molecule has 6 saturated carbocycles. The molecular weight excluding hydrogens is 488 g/mol. The second kappa shape index (κ2) is 7.35. The van der Waals surface area contributed by atoms with Crippen LogP contribution in [0.4, 0.5) is 0 Å². The summed E-state index contributed by atoms with van der Waals surface area (Å²) in [6, 6.07) is 0. The molecule has 7 aliphatic carbocycles. The Morgan fingerprint density at radius 3 is 2.32 bits per heavy atom. The van der Waals surface area contributed by atoms with E-state index in [1.165, 1.54) is 57.1 Å². The summed E-state index contributed by atoms with van der Waals surface area (Å²) in [6.07, 6.45) is 14.2. The molecule has 0 aromatic rings. The maximum atomic E-state index is 13.9. The van der Waals surface area contributed by atoms with Crippen molar-refractivity contribution in [2.24, 2.45) is 52.3 Å². The Hall–Kier alpha value is -0.840. The van der Waals surface area contributed by atoms with Gasteiger partial charge in [-0.2, -0.15) is 0 Å². The smallest absolute Gasteiger partial charge is 0.224 e.